The Hall–Kier alpha value is -1.91. The zero-order valence-electron chi connectivity index (χ0n) is 19.3. The van der Waals surface area contributed by atoms with E-state index in [1.54, 1.807) is 0 Å². The minimum atomic E-state index is -0.528. The number of aldehydes is 1. The Morgan fingerprint density at radius 3 is 2.16 bits per heavy atom. The van der Waals surface area contributed by atoms with Gasteiger partial charge in [0.2, 0.25) is 0 Å². The van der Waals surface area contributed by atoms with Gasteiger partial charge in [-0.1, -0.05) is 62.5 Å². The van der Waals surface area contributed by atoms with Crippen LogP contribution in [-0.2, 0) is 14.3 Å². The van der Waals surface area contributed by atoms with Crippen molar-refractivity contribution in [3.63, 3.8) is 0 Å². The highest BCUT2D eigenvalue weighted by atomic mass is 32.2. The first-order chi connectivity index (χ1) is 15.4. The first-order valence-electron chi connectivity index (χ1n) is 11.3. The number of hydrogen-bond acceptors (Lipinski definition) is 7. The predicted octanol–water partition coefficient (Wildman–Crippen LogP) is 6.42. The van der Waals surface area contributed by atoms with Gasteiger partial charge < -0.3 is 14.3 Å². The SMILES string of the molecule is CC(C)(C#N)SC(=S)c1ccc(OCCCCCCCCCCOC(=O)CCC=O)cc1. The lowest BCUT2D eigenvalue weighted by Crippen LogP contribution is -2.14. The zero-order valence-corrected chi connectivity index (χ0v) is 20.9. The van der Waals surface area contributed by atoms with Gasteiger partial charge in [-0.25, -0.2) is 0 Å². The van der Waals surface area contributed by atoms with Crippen LogP contribution in [0.1, 0.15) is 83.6 Å². The molecule has 0 aliphatic heterocycles. The second-order valence-corrected chi connectivity index (χ2v) is 10.4. The zero-order chi connectivity index (χ0) is 23.7. The molecule has 0 unspecified atom stereocenters. The molecule has 1 aromatic carbocycles. The molecule has 1 rings (SSSR count). The molecule has 1 aromatic rings. The van der Waals surface area contributed by atoms with E-state index in [4.69, 9.17) is 27.0 Å². The van der Waals surface area contributed by atoms with E-state index in [-0.39, 0.29) is 18.8 Å². The van der Waals surface area contributed by atoms with Crippen molar-refractivity contribution in [3.8, 4) is 11.8 Å². The fraction of sp³-hybridized carbons (Fsp3) is 0.600. The van der Waals surface area contributed by atoms with Crippen LogP contribution in [-0.4, -0.2) is 34.4 Å². The van der Waals surface area contributed by atoms with Crippen LogP contribution in [0.2, 0.25) is 0 Å². The van der Waals surface area contributed by atoms with Crippen molar-refractivity contribution in [1.82, 2.24) is 0 Å². The number of hydrogen-bond donors (Lipinski definition) is 0. The Kier molecular flexibility index (Phi) is 14.7. The minimum absolute atomic E-state index is 0.188. The van der Waals surface area contributed by atoms with Gasteiger partial charge in [-0.15, -0.1) is 0 Å². The van der Waals surface area contributed by atoms with Crippen molar-refractivity contribution < 1.29 is 19.1 Å². The molecule has 176 valence electrons. The van der Waals surface area contributed by atoms with E-state index in [1.165, 1.54) is 31.0 Å². The van der Waals surface area contributed by atoms with E-state index in [2.05, 4.69) is 6.07 Å². The molecule has 5 nitrogen and oxygen atoms in total. The number of thioether (sulfide) groups is 1. The van der Waals surface area contributed by atoms with Crippen LogP contribution in [0.3, 0.4) is 0 Å². The summed E-state index contributed by atoms with van der Waals surface area (Å²) in [5.74, 6) is 0.560. The highest BCUT2D eigenvalue weighted by Gasteiger charge is 2.20. The molecule has 0 spiro atoms. The standard InChI is InChI=1S/C25H35NO4S2/c1-25(2,20-26)32-24(31)21-13-15-22(16-14-21)29-18-9-7-5-3-4-6-8-10-19-30-23(28)12-11-17-27/h13-17H,3-12,18-19H2,1-2H3. The summed E-state index contributed by atoms with van der Waals surface area (Å²) in [6.07, 6.45) is 10.1. The maximum absolute atomic E-state index is 11.2. The molecule has 0 heterocycles. The van der Waals surface area contributed by atoms with Crippen LogP contribution in [0.4, 0.5) is 0 Å². The number of carbonyl (C=O) groups is 2. The third kappa shape index (κ3) is 13.5. The summed E-state index contributed by atoms with van der Waals surface area (Å²) in [6.45, 7) is 4.89. The second-order valence-electron chi connectivity index (χ2n) is 8.14. The molecular formula is C25H35NO4S2. The minimum Gasteiger partial charge on any atom is -0.494 e. The van der Waals surface area contributed by atoms with E-state index in [9.17, 15) is 9.59 Å². The molecular weight excluding hydrogens is 442 g/mol. The number of thiocarbonyl (C=S) groups is 1. The molecule has 0 saturated carbocycles. The molecule has 0 bridgehead atoms. The van der Waals surface area contributed by atoms with Crippen LogP contribution >= 0.6 is 24.0 Å². The van der Waals surface area contributed by atoms with Gasteiger partial charge in [0.05, 0.1) is 29.9 Å². The molecule has 0 aliphatic carbocycles. The van der Waals surface area contributed by atoms with E-state index in [0.29, 0.717) is 13.2 Å². The molecule has 0 saturated heterocycles. The van der Waals surface area contributed by atoms with E-state index in [0.717, 1.165) is 53.9 Å². The van der Waals surface area contributed by atoms with Crippen molar-refractivity contribution in [2.24, 2.45) is 0 Å². The highest BCUT2D eigenvalue weighted by molar-refractivity contribution is 8.24. The maximum atomic E-state index is 11.2. The first-order valence-corrected chi connectivity index (χ1v) is 12.6. The molecule has 0 fully saturated rings. The second kappa shape index (κ2) is 16.7. The van der Waals surface area contributed by atoms with Crippen molar-refractivity contribution in [3.05, 3.63) is 29.8 Å². The molecule has 32 heavy (non-hydrogen) atoms. The van der Waals surface area contributed by atoms with Crippen molar-refractivity contribution >= 4 is 40.4 Å². The number of rotatable bonds is 17. The predicted molar refractivity (Wildman–Crippen MR) is 134 cm³/mol. The third-order valence-electron chi connectivity index (χ3n) is 4.74. The van der Waals surface area contributed by atoms with E-state index in [1.807, 2.05) is 38.1 Å². The topological polar surface area (TPSA) is 76.4 Å². The van der Waals surface area contributed by atoms with Gasteiger partial charge in [-0.3, -0.25) is 4.79 Å². The number of ether oxygens (including phenoxy) is 2. The van der Waals surface area contributed by atoms with Crippen molar-refractivity contribution in [2.45, 2.75) is 82.8 Å². The molecule has 0 atom stereocenters. The lowest BCUT2D eigenvalue weighted by molar-refractivity contribution is -0.144. The summed E-state index contributed by atoms with van der Waals surface area (Å²) >= 11 is 6.83. The van der Waals surface area contributed by atoms with Gasteiger partial charge in [0.25, 0.3) is 0 Å². The number of carbonyl (C=O) groups excluding carboxylic acids is 2. The largest absolute Gasteiger partial charge is 0.494 e. The van der Waals surface area contributed by atoms with Crippen LogP contribution in [0, 0.1) is 11.3 Å². The quantitative estimate of drug-likeness (QED) is 0.111. The van der Waals surface area contributed by atoms with Gasteiger partial charge in [0.15, 0.2) is 0 Å². The summed E-state index contributed by atoms with van der Waals surface area (Å²) in [5.41, 5.74) is 0.941. The first kappa shape index (κ1) is 28.1. The summed E-state index contributed by atoms with van der Waals surface area (Å²) in [5, 5.41) is 9.13. The Morgan fingerprint density at radius 1 is 1.03 bits per heavy atom. The number of unbranched alkanes of at least 4 members (excludes halogenated alkanes) is 7. The smallest absolute Gasteiger partial charge is 0.306 e. The molecule has 0 amide bonds. The van der Waals surface area contributed by atoms with Crippen molar-refractivity contribution in [2.75, 3.05) is 13.2 Å². The molecule has 0 N–H and O–H groups in total. The molecule has 7 heteroatoms. The van der Waals surface area contributed by atoms with Crippen LogP contribution < -0.4 is 4.74 Å². The number of benzene rings is 1. The molecule has 0 radical (unpaired) electrons. The molecule has 0 aliphatic rings. The molecule has 0 aromatic heterocycles. The van der Waals surface area contributed by atoms with Gasteiger partial charge >= 0.3 is 5.97 Å². The third-order valence-corrected chi connectivity index (χ3v) is 6.25. The summed E-state index contributed by atoms with van der Waals surface area (Å²) in [4.78, 5) is 21.4. The average Bonchev–Trinajstić information content (AvgIpc) is 2.78. The normalized spacial score (nSPS) is 10.9. The fourth-order valence-electron chi connectivity index (χ4n) is 2.89. The summed E-state index contributed by atoms with van der Waals surface area (Å²) < 4.78 is 11.1. The monoisotopic (exact) mass is 477 g/mol. The fourth-order valence-corrected chi connectivity index (χ4v) is 4.41. The lowest BCUT2D eigenvalue weighted by Gasteiger charge is -2.15. The lowest BCUT2D eigenvalue weighted by atomic mass is 10.1. The summed E-state index contributed by atoms with van der Waals surface area (Å²) in [6, 6.07) is 10.0. The van der Waals surface area contributed by atoms with Crippen molar-refractivity contribution in [1.29, 1.82) is 5.26 Å². The van der Waals surface area contributed by atoms with Gasteiger partial charge in [0, 0.05) is 6.42 Å². The maximum Gasteiger partial charge on any atom is 0.306 e. The Balaban J connectivity index is 2.01. The Bertz CT molecular complexity index is 741. The van der Waals surface area contributed by atoms with E-state index >= 15 is 0 Å². The van der Waals surface area contributed by atoms with Gasteiger partial charge in [-0.05, 0) is 56.5 Å². The summed E-state index contributed by atoms with van der Waals surface area (Å²) in [7, 11) is 0. The van der Waals surface area contributed by atoms with E-state index < -0.39 is 4.75 Å². The average molecular weight is 478 g/mol. The van der Waals surface area contributed by atoms with Gasteiger partial charge in [0.1, 0.15) is 16.8 Å². The number of esters is 1. The highest BCUT2D eigenvalue weighted by Crippen LogP contribution is 2.28. The van der Waals surface area contributed by atoms with Gasteiger partial charge in [-0.2, -0.15) is 5.26 Å². The number of nitriles is 1. The Labute approximate surface area is 202 Å². The van der Waals surface area contributed by atoms with Crippen LogP contribution in [0.5, 0.6) is 5.75 Å². The number of nitrogens with zero attached hydrogens (tertiary/aromatic N) is 1. The van der Waals surface area contributed by atoms with Crippen LogP contribution in [0.15, 0.2) is 24.3 Å². The van der Waals surface area contributed by atoms with Crippen LogP contribution in [0.25, 0.3) is 0 Å². The Morgan fingerprint density at radius 2 is 1.59 bits per heavy atom.